The molecule has 5 nitrogen and oxygen atoms in total. The molecule has 4 saturated carbocycles. The van der Waals surface area contributed by atoms with Crippen LogP contribution in [0.25, 0.3) is 0 Å². The molecule has 5 heteroatoms. The monoisotopic (exact) mass is 368 g/mol. The van der Waals surface area contributed by atoms with Gasteiger partial charge in [-0.2, -0.15) is 0 Å². The number of rotatable bonds is 1. The molecule has 0 unspecified atom stereocenters. The third-order valence-corrected chi connectivity index (χ3v) is 9.80. The molecule has 4 aliphatic carbocycles. The molecule has 0 saturated heterocycles. The minimum absolute atomic E-state index is 0.0196. The second kappa shape index (κ2) is 5.66. The number of aliphatic hydroxyl groups is 5. The first-order valence-electron chi connectivity index (χ1n) is 10.5. The van der Waals surface area contributed by atoms with Gasteiger partial charge in [-0.1, -0.05) is 13.8 Å². The standard InChI is InChI=1S/C21H36O5/c1-12(22)20(25)8-9-21(26)15-5-4-13-10-14(23)6-7-18(13,2)16(15)11-17(24)19(20,21)3/h12-17,22-26H,4-11H2,1-3H3/t12-,13-,14-,15+,16+,17+,18-,19+,20+,21-/m0/s1. The van der Waals surface area contributed by atoms with Gasteiger partial charge in [0.05, 0.1) is 29.3 Å². The molecule has 4 aliphatic rings. The quantitative estimate of drug-likeness (QED) is 0.484. The van der Waals surface area contributed by atoms with Crippen molar-refractivity contribution in [1.29, 1.82) is 0 Å². The van der Waals surface area contributed by atoms with Gasteiger partial charge in [0.15, 0.2) is 0 Å². The summed E-state index contributed by atoms with van der Waals surface area (Å²) in [5.41, 5.74) is -3.73. The van der Waals surface area contributed by atoms with Gasteiger partial charge < -0.3 is 25.5 Å². The molecule has 0 radical (unpaired) electrons. The maximum atomic E-state index is 11.9. The van der Waals surface area contributed by atoms with Crippen molar-refractivity contribution in [2.45, 2.75) is 102 Å². The van der Waals surface area contributed by atoms with Crippen molar-refractivity contribution in [2.75, 3.05) is 0 Å². The molecule has 0 heterocycles. The highest BCUT2D eigenvalue weighted by Crippen LogP contribution is 2.70. The van der Waals surface area contributed by atoms with Gasteiger partial charge in [0.25, 0.3) is 0 Å². The van der Waals surface area contributed by atoms with E-state index in [1.54, 1.807) is 13.8 Å². The van der Waals surface area contributed by atoms with Crippen LogP contribution >= 0.6 is 0 Å². The number of aliphatic hydroxyl groups excluding tert-OH is 3. The van der Waals surface area contributed by atoms with Gasteiger partial charge in [0.1, 0.15) is 5.60 Å². The summed E-state index contributed by atoms with van der Waals surface area (Å²) in [4.78, 5) is 0. The van der Waals surface area contributed by atoms with E-state index in [0.717, 1.165) is 32.1 Å². The van der Waals surface area contributed by atoms with E-state index in [9.17, 15) is 25.5 Å². The fourth-order valence-corrected chi connectivity index (χ4v) is 7.92. The fraction of sp³-hybridized carbons (Fsp3) is 1.00. The first-order chi connectivity index (χ1) is 12.0. The number of hydrogen-bond donors (Lipinski definition) is 5. The van der Waals surface area contributed by atoms with Gasteiger partial charge in [-0.15, -0.1) is 0 Å². The zero-order valence-corrected chi connectivity index (χ0v) is 16.4. The topological polar surface area (TPSA) is 101 Å². The van der Waals surface area contributed by atoms with Crippen molar-refractivity contribution >= 4 is 0 Å². The Morgan fingerprint density at radius 3 is 2.23 bits per heavy atom. The van der Waals surface area contributed by atoms with Crippen LogP contribution in [0.3, 0.4) is 0 Å². The van der Waals surface area contributed by atoms with Crippen molar-refractivity contribution in [3.8, 4) is 0 Å². The summed E-state index contributed by atoms with van der Waals surface area (Å²) in [5, 5.41) is 54.8. The molecule has 0 aromatic heterocycles. The molecule has 0 aromatic carbocycles. The van der Waals surface area contributed by atoms with E-state index in [4.69, 9.17) is 0 Å². The molecule has 4 rings (SSSR count). The molecule has 4 fully saturated rings. The molecule has 0 aromatic rings. The highest BCUT2D eigenvalue weighted by atomic mass is 16.4. The average molecular weight is 369 g/mol. The van der Waals surface area contributed by atoms with Crippen LogP contribution in [0.15, 0.2) is 0 Å². The average Bonchev–Trinajstić information content (AvgIpc) is 2.80. The lowest BCUT2D eigenvalue weighted by Crippen LogP contribution is -2.71. The lowest BCUT2D eigenvalue weighted by molar-refractivity contribution is -0.286. The van der Waals surface area contributed by atoms with Crippen LogP contribution in [0.1, 0.15) is 72.1 Å². The summed E-state index contributed by atoms with van der Waals surface area (Å²) < 4.78 is 0. The molecule has 150 valence electrons. The maximum Gasteiger partial charge on any atom is 0.101 e. The second-order valence-electron chi connectivity index (χ2n) is 10.4. The van der Waals surface area contributed by atoms with Gasteiger partial charge in [-0.25, -0.2) is 0 Å². The van der Waals surface area contributed by atoms with Gasteiger partial charge >= 0.3 is 0 Å². The predicted molar refractivity (Wildman–Crippen MR) is 97.2 cm³/mol. The largest absolute Gasteiger partial charge is 0.393 e. The molecule has 10 atom stereocenters. The first-order valence-corrected chi connectivity index (χ1v) is 10.5. The first kappa shape index (κ1) is 19.1. The zero-order chi connectivity index (χ0) is 19.1. The van der Waals surface area contributed by atoms with E-state index in [0.29, 0.717) is 25.2 Å². The molecule has 0 spiro atoms. The van der Waals surface area contributed by atoms with Crippen LogP contribution in [-0.4, -0.2) is 55.0 Å². The number of hydrogen-bond acceptors (Lipinski definition) is 5. The lowest BCUT2D eigenvalue weighted by Gasteiger charge is -2.65. The van der Waals surface area contributed by atoms with E-state index in [2.05, 4.69) is 6.92 Å². The van der Waals surface area contributed by atoms with Gasteiger partial charge in [-0.05, 0) is 81.5 Å². The maximum absolute atomic E-state index is 11.9. The Balaban J connectivity index is 1.75. The molecule has 26 heavy (non-hydrogen) atoms. The highest BCUT2D eigenvalue weighted by molar-refractivity contribution is 5.25. The Kier molecular flexibility index (Phi) is 4.17. The normalized spacial score (nSPS) is 60.7. The molecule has 0 bridgehead atoms. The molecular formula is C21H36O5. The van der Waals surface area contributed by atoms with Gasteiger partial charge in [0, 0.05) is 0 Å². The van der Waals surface area contributed by atoms with Crippen molar-refractivity contribution in [3.63, 3.8) is 0 Å². The SMILES string of the molecule is C[C@H](O)[C@]1(O)CC[C@]2(O)[C@@H]3CC[C@H]4C[C@@H](O)CC[C@]4(C)[C@@H]3C[C@@H](O)[C@]12C. The van der Waals surface area contributed by atoms with Crippen LogP contribution in [0.4, 0.5) is 0 Å². The van der Waals surface area contributed by atoms with E-state index in [-0.39, 0.29) is 23.4 Å². The Morgan fingerprint density at radius 2 is 1.58 bits per heavy atom. The third-order valence-electron chi connectivity index (χ3n) is 9.80. The predicted octanol–water partition coefficient (Wildman–Crippen LogP) is 1.59. The van der Waals surface area contributed by atoms with Crippen LogP contribution in [-0.2, 0) is 0 Å². The van der Waals surface area contributed by atoms with Crippen molar-refractivity contribution < 1.29 is 25.5 Å². The van der Waals surface area contributed by atoms with Crippen molar-refractivity contribution in [1.82, 2.24) is 0 Å². The summed E-state index contributed by atoms with van der Waals surface area (Å²) >= 11 is 0. The minimum atomic E-state index is -1.47. The van der Waals surface area contributed by atoms with Crippen molar-refractivity contribution in [2.24, 2.45) is 28.6 Å². The molecule has 0 aliphatic heterocycles. The van der Waals surface area contributed by atoms with Crippen LogP contribution in [0, 0.1) is 28.6 Å². The third kappa shape index (κ3) is 2.04. The Bertz CT molecular complexity index is 581. The zero-order valence-electron chi connectivity index (χ0n) is 16.4. The Hall–Kier alpha value is -0.200. The van der Waals surface area contributed by atoms with E-state index < -0.39 is 28.8 Å². The molecule has 5 N–H and O–H groups in total. The van der Waals surface area contributed by atoms with E-state index >= 15 is 0 Å². The Labute approximate surface area is 156 Å². The molecular weight excluding hydrogens is 332 g/mol. The van der Waals surface area contributed by atoms with E-state index in [1.807, 2.05) is 0 Å². The van der Waals surface area contributed by atoms with Gasteiger partial charge in [0.2, 0.25) is 0 Å². The summed E-state index contributed by atoms with van der Waals surface area (Å²) in [5.74, 6) is 0.656. The summed E-state index contributed by atoms with van der Waals surface area (Å²) in [6.45, 7) is 5.64. The highest BCUT2D eigenvalue weighted by Gasteiger charge is 2.75. The van der Waals surface area contributed by atoms with E-state index in [1.165, 1.54) is 0 Å². The summed E-state index contributed by atoms with van der Waals surface area (Å²) in [7, 11) is 0. The van der Waals surface area contributed by atoms with Crippen LogP contribution < -0.4 is 0 Å². The minimum Gasteiger partial charge on any atom is -0.393 e. The van der Waals surface area contributed by atoms with Crippen LogP contribution in [0.2, 0.25) is 0 Å². The smallest absolute Gasteiger partial charge is 0.101 e. The van der Waals surface area contributed by atoms with Crippen LogP contribution in [0.5, 0.6) is 0 Å². The molecule has 0 amide bonds. The van der Waals surface area contributed by atoms with Gasteiger partial charge in [-0.3, -0.25) is 0 Å². The summed E-state index contributed by atoms with van der Waals surface area (Å²) in [6.07, 6.45) is 3.62. The fourth-order valence-electron chi connectivity index (χ4n) is 7.92. The summed E-state index contributed by atoms with van der Waals surface area (Å²) in [6, 6.07) is 0. The number of fused-ring (bicyclic) bond motifs is 5. The van der Waals surface area contributed by atoms with Crippen molar-refractivity contribution in [3.05, 3.63) is 0 Å². The second-order valence-corrected chi connectivity index (χ2v) is 10.4. The Morgan fingerprint density at radius 1 is 0.885 bits per heavy atom. The lowest BCUT2D eigenvalue weighted by atomic mass is 9.42.